The number of rotatable bonds is 4. The molecule has 0 aromatic carbocycles. The molecule has 4 rings (SSSR count). The van der Waals surface area contributed by atoms with Crippen molar-refractivity contribution in [3.8, 4) is 0 Å². The molecule has 0 saturated carbocycles. The number of amides is 1. The summed E-state index contributed by atoms with van der Waals surface area (Å²) in [6, 6.07) is 2.08. The normalized spacial score (nSPS) is 28.7. The quantitative estimate of drug-likeness (QED) is 0.514. The van der Waals surface area contributed by atoms with Crippen LogP contribution in [-0.4, -0.2) is 46.5 Å². The van der Waals surface area contributed by atoms with Crippen molar-refractivity contribution in [3.63, 3.8) is 0 Å². The zero-order chi connectivity index (χ0) is 13.8. The van der Waals surface area contributed by atoms with Crippen LogP contribution in [0.3, 0.4) is 0 Å². The van der Waals surface area contributed by atoms with Crippen LogP contribution in [0.5, 0.6) is 0 Å². The molecule has 1 unspecified atom stereocenters. The maximum atomic E-state index is 11.9. The molecular formula is C14H18N4OS. The van der Waals surface area contributed by atoms with Crippen molar-refractivity contribution in [1.29, 1.82) is 0 Å². The van der Waals surface area contributed by atoms with Crippen LogP contribution < -0.4 is 5.32 Å². The third-order valence-electron chi connectivity index (χ3n) is 3.92. The molecule has 1 amide bonds. The lowest BCUT2D eigenvalue weighted by atomic mass is 9.84. The molecule has 3 fully saturated rings. The molecular weight excluding hydrogens is 272 g/mol. The van der Waals surface area contributed by atoms with Gasteiger partial charge in [-0.3, -0.25) is 4.79 Å². The van der Waals surface area contributed by atoms with Gasteiger partial charge in [0.1, 0.15) is 0 Å². The summed E-state index contributed by atoms with van der Waals surface area (Å²) in [5, 5.41) is 5.51. The second-order valence-corrected chi connectivity index (χ2v) is 6.08. The average molecular weight is 290 g/mol. The lowest BCUT2D eigenvalue weighted by Gasteiger charge is -2.44. The van der Waals surface area contributed by atoms with E-state index >= 15 is 0 Å². The molecule has 3 saturated heterocycles. The van der Waals surface area contributed by atoms with E-state index in [2.05, 4.69) is 20.2 Å². The molecule has 0 spiro atoms. The first-order chi connectivity index (χ1) is 9.81. The average Bonchev–Trinajstić information content (AvgIpc) is 2.49. The van der Waals surface area contributed by atoms with Gasteiger partial charge in [-0.1, -0.05) is 11.8 Å². The second kappa shape index (κ2) is 6.37. The van der Waals surface area contributed by atoms with Crippen molar-refractivity contribution in [3.05, 3.63) is 29.9 Å². The minimum atomic E-state index is -0.0211. The molecule has 0 radical (unpaired) electrons. The number of carbonyl (C=O) groups is 1. The Hall–Kier alpha value is -1.40. The summed E-state index contributed by atoms with van der Waals surface area (Å²) in [5.41, 5.74) is 0. The topological polar surface area (TPSA) is 58.1 Å². The highest BCUT2D eigenvalue weighted by Crippen LogP contribution is 2.27. The number of hydrogen-bond acceptors (Lipinski definition) is 5. The fourth-order valence-electron chi connectivity index (χ4n) is 2.86. The lowest BCUT2D eigenvalue weighted by molar-refractivity contribution is -0.118. The van der Waals surface area contributed by atoms with Crippen LogP contribution in [0, 0.1) is 5.92 Å². The molecule has 5 nitrogen and oxygen atoms in total. The van der Waals surface area contributed by atoms with E-state index < -0.39 is 0 Å². The first kappa shape index (κ1) is 13.6. The molecule has 0 aliphatic carbocycles. The highest BCUT2D eigenvalue weighted by Gasteiger charge is 2.34. The van der Waals surface area contributed by atoms with Crippen molar-refractivity contribution < 1.29 is 4.79 Å². The van der Waals surface area contributed by atoms with Crippen LogP contribution in [0.15, 0.2) is 35.1 Å². The summed E-state index contributed by atoms with van der Waals surface area (Å²) in [5.74, 6) is 0.634. The van der Waals surface area contributed by atoms with E-state index in [9.17, 15) is 4.79 Å². The van der Waals surface area contributed by atoms with Gasteiger partial charge < -0.3 is 10.2 Å². The molecule has 1 atom stereocenters. The van der Waals surface area contributed by atoms with Crippen molar-refractivity contribution in [2.24, 2.45) is 5.92 Å². The molecule has 3 aliphatic rings. The number of piperidine rings is 3. The molecule has 4 heterocycles. The summed E-state index contributed by atoms with van der Waals surface area (Å²) in [4.78, 5) is 22.5. The maximum absolute atomic E-state index is 11.9. The van der Waals surface area contributed by atoms with Crippen molar-refractivity contribution in [2.45, 2.75) is 24.0 Å². The minimum absolute atomic E-state index is 0.0211. The summed E-state index contributed by atoms with van der Waals surface area (Å²) in [6.45, 7) is 3.38. The van der Waals surface area contributed by atoms with Crippen LogP contribution >= 0.6 is 11.8 Å². The number of thioether (sulfide) groups is 1. The van der Waals surface area contributed by atoms with Gasteiger partial charge in [-0.2, -0.15) is 0 Å². The Bertz CT molecular complexity index is 485. The zero-order valence-electron chi connectivity index (χ0n) is 11.2. The van der Waals surface area contributed by atoms with Crippen LogP contribution in [0.25, 0.3) is 0 Å². The van der Waals surface area contributed by atoms with Crippen molar-refractivity contribution in [2.75, 3.05) is 19.6 Å². The van der Waals surface area contributed by atoms with Crippen LogP contribution in [0.4, 0.5) is 0 Å². The fraction of sp³-hybridized carbons (Fsp3) is 0.500. The van der Waals surface area contributed by atoms with Crippen LogP contribution in [0.2, 0.25) is 0 Å². The van der Waals surface area contributed by atoms with E-state index in [0.717, 1.165) is 6.54 Å². The lowest BCUT2D eigenvalue weighted by Crippen LogP contribution is -2.57. The molecule has 3 aliphatic heterocycles. The van der Waals surface area contributed by atoms with E-state index in [4.69, 9.17) is 0 Å². The molecule has 1 N–H and O–H groups in total. The number of hydrogen-bond donors (Lipinski definition) is 1. The Labute approximate surface area is 122 Å². The zero-order valence-corrected chi connectivity index (χ0v) is 12.1. The van der Waals surface area contributed by atoms with Gasteiger partial charge in [0.2, 0.25) is 5.91 Å². The number of fused-ring (bicyclic) bond motifs is 3. The first-order valence-corrected chi connectivity index (χ1v) is 7.82. The molecule has 2 bridgehead atoms. The van der Waals surface area contributed by atoms with Gasteiger partial charge in [0.05, 0.1) is 0 Å². The maximum Gasteiger partial charge on any atom is 0.244 e. The Morgan fingerprint density at radius 3 is 2.75 bits per heavy atom. The van der Waals surface area contributed by atoms with Gasteiger partial charge in [0.25, 0.3) is 0 Å². The summed E-state index contributed by atoms with van der Waals surface area (Å²) >= 11 is 1.35. The van der Waals surface area contributed by atoms with Crippen molar-refractivity contribution in [1.82, 2.24) is 20.2 Å². The number of nitrogens with one attached hydrogen (secondary N) is 1. The van der Waals surface area contributed by atoms with E-state index in [-0.39, 0.29) is 5.91 Å². The largest absolute Gasteiger partial charge is 0.348 e. The monoisotopic (exact) mass is 290 g/mol. The van der Waals surface area contributed by atoms with Gasteiger partial charge in [-0.15, -0.1) is 0 Å². The van der Waals surface area contributed by atoms with Gasteiger partial charge in [0.15, 0.2) is 5.16 Å². The van der Waals surface area contributed by atoms with Gasteiger partial charge in [0, 0.05) is 31.1 Å². The number of carbonyl (C=O) groups excluding carboxylic acids is 1. The molecule has 1 aromatic heterocycles. The van der Waals surface area contributed by atoms with Gasteiger partial charge in [-0.05, 0) is 43.3 Å². The highest BCUT2D eigenvalue weighted by atomic mass is 32.2. The van der Waals surface area contributed by atoms with Crippen LogP contribution in [-0.2, 0) is 4.79 Å². The van der Waals surface area contributed by atoms with Gasteiger partial charge in [-0.25, -0.2) is 9.97 Å². The van der Waals surface area contributed by atoms with E-state index in [1.165, 1.54) is 37.7 Å². The smallest absolute Gasteiger partial charge is 0.244 e. The second-order valence-electron chi connectivity index (χ2n) is 5.21. The van der Waals surface area contributed by atoms with Gasteiger partial charge >= 0.3 is 0 Å². The Kier molecular flexibility index (Phi) is 4.32. The standard InChI is InChI=1S/C14H18N4OS/c19-13(4-9-20-14-15-5-1-6-16-14)17-12-10-18-7-2-11(12)3-8-18/h1,4-6,9,11-12H,2-3,7-8,10H2,(H,17,19)/b9-4-. The summed E-state index contributed by atoms with van der Waals surface area (Å²) in [7, 11) is 0. The Balaban J connectivity index is 1.47. The fourth-order valence-corrected chi connectivity index (χ4v) is 3.42. The Morgan fingerprint density at radius 1 is 1.35 bits per heavy atom. The minimum Gasteiger partial charge on any atom is -0.348 e. The van der Waals surface area contributed by atoms with Crippen LogP contribution in [0.1, 0.15) is 12.8 Å². The Morgan fingerprint density at radius 2 is 2.10 bits per heavy atom. The molecule has 6 heteroatoms. The first-order valence-electron chi connectivity index (χ1n) is 6.94. The number of aromatic nitrogens is 2. The molecule has 106 valence electrons. The number of nitrogens with zero attached hydrogens (tertiary/aromatic N) is 3. The third kappa shape index (κ3) is 3.37. The van der Waals surface area contributed by atoms with E-state index in [0.29, 0.717) is 17.1 Å². The summed E-state index contributed by atoms with van der Waals surface area (Å²) in [6.07, 6.45) is 7.37. The predicted octanol–water partition coefficient (Wildman–Crippen LogP) is 1.29. The SMILES string of the molecule is O=C(/C=C\Sc1ncccn1)NC1CN2CCC1CC2. The molecule has 1 aromatic rings. The predicted molar refractivity (Wildman–Crippen MR) is 78.1 cm³/mol. The highest BCUT2D eigenvalue weighted by molar-refractivity contribution is 8.02. The third-order valence-corrected chi connectivity index (χ3v) is 4.61. The van der Waals surface area contributed by atoms with Crippen molar-refractivity contribution >= 4 is 17.7 Å². The summed E-state index contributed by atoms with van der Waals surface area (Å²) < 4.78 is 0. The van der Waals surface area contributed by atoms with E-state index in [1.807, 2.05) is 0 Å². The van der Waals surface area contributed by atoms with E-state index in [1.54, 1.807) is 29.9 Å². The molecule has 20 heavy (non-hydrogen) atoms.